The Morgan fingerprint density at radius 3 is 2.65 bits per heavy atom. The van der Waals surface area contributed by atoms with E-state index in [0.717, 1.165) is 17.8 Å². The van der Waals surface area contributed by atoms with E-state index in [1.165, 1.54) is 0 Å². The van der Waals surface area contributed by atoms with E-state index >= 15 is 0 Å². The van der Waals surface area contributed by atoms with Gasteiger partial charge in [-0.2, -0.15) is 0 Å². The second-order valence-electron chi connectivity index (χ2n) is 6.40. The van der Waals surface area contributed by atoms with E-state index in [0.29, 0.717) is 26.2 Å². The number of rotatable bonds is 3. The molecule has 0 radical (unpaired) electrons. The van der Waals surface area contributed by atoms with E-state index in [-0.39, 0.29) is 17.7 Å². The molecular weight excluding hydrogens is 292 g/mol. The minimum atomic E-state index is -0.194. The molecule has 0 aliphatic carbocycles. The Morgan fingerprint density at radius 2 is 2.04 bits per heavy atom. The molecule has 0 bridgehead atoms. The number of amides is 2. The molecule has 1 saturated heterocycles. The van der Waals surface area contributed by atoms with Gasteiger partial charge in [-0.25, -0.2) is 0 Å². The summed E-state index contributed by atoms with van der Waals surface area (Å²) in [5, 5.41) is 0. The molecule has 2 rings (SSSR count). The molecule has 2 heterocycles. The number of aryl methyl sites for hydroxylation is 1. The number of pyridine rings is 1. The topological polar surface area (TPSA) is 56.8 Å². The van der Waals surface area contributed by atoms with Gasteiger partial charge in [0.1, 0.15) is 0 Å². The van der Waals surface area contributed by atoms with E-state index < -0.39 is 0 Å². The van der Waals surface area contributed by atoms with Crippen LogP contribution >= 0.6 is 0 Å². The predicted molar refractivity (Wildman–Crippen MR) is 88.7 cm³/mol. The molecule has 2 amide bonds. The van der Waals surface area contributed by atoms with Crippen molar-refractivity contribution >= 4 is 11.8 Å². The third-order valence-electron chi connectivity index (χ3n) is 4.33. The van der Waals surface area contributed by atoms with Crippen molar-refractivity contribution in [1.29, 1.82) is 0 Å². The highest BCUT2D eigenvalue weighted by Gasteiger charge is 2.30. The number of hydrogen-bond donors (Lipinski definition) is 0. The SMILES string of the molecule is CC(=O)N1CCN(Cc2ncccc2C)C[C@H](C(=O)N(C)C)C1. The predicted octanol–water partition coefficient (Wildman–Crippen LogP) is 0.759. The fourth-order valence-corrected chi connectivity index (χ4v) is 2.93. The zero-order valence-corrected chi connectivity index (χ0v) is 14.5. The van der Waals surface area contributed by atoms with Gasteiger partial charge < -0.3 is 9.80 Å². The van der Waals surface area contributed by atoms with Gasteiger partial charge in [0.25, 0.3) is 0 Å². The Bertz CT molecular complexity index is 573. The molecule has 126 valence electrons. The van der Waals surface area contributed by atoms with Crippen molar-refractivity contribution in [2.75, 3.05) is 40.3 Å². The molecular formula is C17H26N4O2. The molecule has 1 atom stereocenters. The first-order valence-electron chi connectivity index (χ1n) is 7.98. The van der Waals surface area contributed by atoms with E-state index in [1.54, 1.807) is 37.0 Å². The maximum absolute atomic E-state index is 12.4. The Morgan fingerprint density at radius 1 is 1.30 bits per heavy atom. The van der Waals surface area contributed by atoms with Gasteiger partial charge in [0.2, 0.25) is 11.8 Å². The van der Waals surface area contributed by atoms with Crippen molar-refractivity contribution in [1.82, 2.24) is 19.7 Å². The number of nitrogens with zero attached hydrogens (tertiary/aromatic N) is 4. The van der Waals surface area contributed by atoms with Crippen molar-refractivity contribution < 1.29 is 9.59 Å². The summed E-state index contributed by atoms with van der Waals surface area (Å²) in [6, 6.07) is 3.97. The van der Waals surface area contributed by atoms with Gasteiger partial charge in [0.05, 0.1) is 11.6 Å². The maximum atomic E-state index is 12.4. The van der Waals surface area contributed by atoms with E-state index in [4.69, 9.17) is 0 Å². The van der Waals surface area contributed by atoms with Gasteiger partial charge >= 0.3 is 0 Å². The van der Waals surface area contributed by atoms with E-state index in [9.17, 15) is 9.59 Å². The van der Waals surface area contributed by atoms with Crippen molar-refractivity contribution in [2.24, 2.45) is 5.92 Å². The molecule has 0 saturated carbocycles. The Hall–Kier alpha value is -1.95. The minimum Gasteiger partial charge on any atom is -0.348 e. The maximum Gasteiger partial charge on any atom is 0.228 e. The Labute approximate surface area is 138 Å². The van der Waals surface area contributed by atoms with Crippen molar-refractivity contribution in [2.45, 2.75) is 20.4 Å². The van der Waals surface area contributed by atoms with Crippen LogP contribution in [0.4, 0.5) is 0 Å². The monoisotopic (exact) mass is 318 g/mol. The van der Waals surface area contributed by atoms with Crippen LogP contribution in [0, 0.1) is 12.8 Å². The minimum absolute atomic E-state index is 0.0254. The number of hydrogen-bond acceptors (Lipinski definition) is 4. The molecule has 1 aliphatic rings. The zero-order chi connectivity index (χ0) is 17.0. The van der Waals surface area contributed by atoms with Gasteiger partial charge in [-0.05, 0) is 18.6 Å². The normalized spacial score (nSPS) is 19.3. The van der Waals surface area contributed by atoms with Crippen LogP contribution in [0.3, 0.4) is 0 Å². The molecule has 6 nitrogen and oxygen atoms in total. The zero-order valence-electron chi connectivity index (χ0n) is 14.5. The summed E-state index contributed by atoms with van der Waals surface area (Å²) in [6.45, 7) is 6.86. The molecule has 23 heavy (non-hydrogen) atoms. The lowest BCUT2D eigenvalue weighted by Crippen LogP contribution is -2.41. The van der Waals surface area contributed by atoms with Crippen LogP contribution in [0.5, 0.6) is 0 Å². The summed E-state index contributed by atoms with van der Waals surface area (Å²) in [6.07, 6.45) is 1.80. The molecule has 6 heteroatoms. The van der Waals surface area contributed by atoms with E-state index in [2.05, 4.69) is 9.88 Å². The summed E-state index contributed by atoms with van der Waals surface area (Å²) in [5.74, 6) is -0.0984. The summed E-state index contributed by atoms with van der Waals surface area (Å²) in [5.41, 5.74) is 2.18. The molecule has 1 aromatic heterocycles. The average molecular weight is 318 g/mol. The molecule has 0 spiro atoms. The van der Waals surface area contributed by atoms with Crippen LogP contribution in [0.1, 0.15) is 18.2 Å². The second kappa shape index (κ2) is 7.55. The number of carbonyl (C=O) groups excluding carboxylic acids is 2. The van der Waals surface area contributed by atoms with E-state index in [1.807, 2.05) is 19.1 Å². The van der Waals surface area contributed by atoms with Gasteiger partial charge in [-0.1, -0.05) is 6.07 Å². The first-order chi connectivity index (χ1) is 10.9. The first-order valence-corrected chi connectivity index (χ1v) is 7.98. The van der Waals surface area contributed by atoms with Gasteiger partial charge in [-0.3, -0.25) is 19.5 Å². The standard InChI is InChI=1S/C17H26N4O2/c1-13-6-5-7-18-16(13)12-20-8-9-21(14(2)22)11-15(10-20)17(23)19(3)4/h5-7,15H,8-12H2,1-4H3/t15-/m0/s1. The number of carbonyl (C=O) groups is 2. The Kier molecular flexibility index (Phi) is 5.71. The third kappa shape index (κ3) is 4.51. The molecule has 1 aliphatic heterocycles. The van der Waals surface area contributed by atoms with Gasteiger partial charge in [0, 0.05) is 59.9 Å². The molecule has 0 aromatic carbocycles. The summed E-state index contributed by atoms with van der Waals surface area (Å²) >= 11 is 0. The van der Waals surface area contributed by atoms with Crippen LogP contribution in [-0.2, 0) is 16.1 Å². The molecule has 1 fully saturated rings. The largest absolute Gasteiger partial charge is 0.348 e. The Balaban J connectivity index is 2.15. The van der Waals surface area contributed by atoms with Crippen molar-refractivity contribution in [3.8, 4) is 0 Å². The van der Waals surface area contributed by atoms with Gasteiger partial charge in [-0.15, -0.1) is 0 Å². The summed E-state index contributed by atoms with van der Waals surface area (Å²) < 4.78 is 0. The smallest absolute Gasteiger partial charge is 0.228 e. The first kappa shape index (κ1) is 17.4. The lowest BCUT2D eigenvalue weighted by molar-refractivity contribution is -0.135. The average Bonchev–Trinajstić information content (AvgIpc) is 2.71. The van der Waals surface area contributed by atoms with Gasteiger partial charge in [0.15, 0.2) is 0 Å². The third-order valence-corrected chi connectivity index (χ3v) is 4.33. The number of aromatic nitrogens is 1. The van der Waals surface area contributed by atoms with Crippen LogP contribution in [0.25, 0.3) is 0 Å². The quantitative estimate of drug-likeness (QED) is 0.826. The van der Waals surface area contributed by atoms with Crippen molar-refractivity contribution in [3.63, 3.8) is 0 Å². The molecule has 0 N–H and O–H groups in total. The fraction of sp³-hybridized carbons (Fsp3) is 0.588. The highest BCUT2D eigenvalue weighted by molar-refractivity contribution is 5.80. The summed E-state index contributed by atoms with van der Waals surface area (Å²) in [7, 11) is 3.52. The lowest BCUT2D eigenvalue weighted by Gasteiger charge is -2.25. The summed E-state index contributed by atoms with van der Waals surface area (Å²) in [4.78, 5) is 34.3. The highest BCUT2D eigenvalue weighted by Crippen LogP contribution is 2.15. The van der Waals surface area contributed by atoms with Crippen LogP contribution in [0.2, 0.25) is 0 Å². The second-order valence-corrected chi connectivity index (χ2v) is 6.40. The van der Waals surface area contributed by atoms with Crippen molar-refractivity contribution in [3.05, 3.63) is 29.6 Å². The molecule has 0 unspecified atom stereocenters. The highest BCUT2D eigenvalue weighted by atomic mass is 16.2. The lowest BCUT2D eigenvalue weighted by atomic mass is 10.1. The van der Waals surface area contributed by atoms with Crippen LogP contribution < -0.4 is 0 Å². The van der Waals surface area contributed by atoms with Crippen LogP contribution in [0.15, 0.2) is 18.3 Å². The fourth-order valence-electron chi connectivity index (χ4n) is 2.93. The molecule has 1 aromatic rings. The van der Waals surface area contributed by atoms with Crippen LogP contribution in [-0.4, -0.2) is 71.8 Å².